The van der Waals surface area contributed by atoms with Crippen molar-refractivity contribution in [3.8, 4) is 57.1 Å². The van der Waals surface area contributed by atoms with Gasteiger partial charge < -0.3 is 68.6 Å². The second-order valence-corrected chi connectivity index (χ2v) is 29.7. The molecule has 4 aromatic heterocycles. The van der Waals surface area contributed by atoms with Crippen LogP contribution in [-0.4, -0.2) is 209 Å². The molecule has 0 saturated heterocycles. The van der Waals surface area contributed by atoms with Crippen LogP contribution in [0.5, 0.6) is 11.5 Å². The Kier molecular flexibility index (Phi) is 32.1. The van der Waals surface area contributed by atoms with E-state index in [9.17, 15) is 38.4 Å². The van der Waals surface area contributed by atoms with Crippen molar-refractivity contribution in [2.24, 2.45) is 28.2 Å². The summed E-state index contributed by atoms with van der Waals surface area (Å²) in [5.74, 6) is 3.44. The molecule has 0 fully saturated rings. The molecule has 0 saturated carbocycles. The zero-order valence-electron chi connectivity index (χ0n) is 69.3. The minimum Gasteiger partial charge on any atom is -0.496 e. The van der Waals surface area contributed by atoms with E-state index in [1.807, 2.05) is 24.3 Å². The van der Waals surface area contributed by atoms with Crippen molar-refractivity contribution in [3.05, 3.63) is 167 Å². The predicted molar refractivity (Wildman–Crippen MR) is 446 cm³/mol. The number of hydrogen-bond donors (Lipinski definition) is 4. The highest BCUT2D eigenvalue weighted by Crippen LogP contribution is 2.39. The first-order valence-corrected chi connectivity index (χ1v) is 38.8. The summed E-state index contributed by atoms with van der Waals surface area (Å²) in [5.41, 5.74) is 12.3. The Labute approximate surface area is 684 Å². The summed E-state index contributed by atoms with van der Waals surface area (Å²) in [5, 5.41) is 13.6. The van der Waals surface area contributed by atoms with E-state index in [-0.39, 0.29) is 69.5 Å². The molecule has 0 unspecified atom stereocenters. The Bertz CT molecular complexity index is 5190. The van der Waals surface area contributed by atoms with Gasteiger partial charge in [0, 0.05) is 144 Å². The number of fused-ring (bicyclic) bond motifs is 4. The second-order valence-electron chi connectivity index (χ2n) is 28.8. The van der Waals surface area contributed by atoms with Gasteiger partial charge in [-0.25, -0.2) is 19.9 Å². The van der Waals surface area contributed by atoms with E-state index in [1.54, 1.807) is 151 Å². The largest absolute Gasteiger partial charge is 0.496 e. The quantitative estimate of drug-likeness (QED) is 0.0325. The molecule has 0 atom stereocenters. The van der Waals surface area contributed by atoms with Gasteiger partial charge in [-0.05, 0) is 137 Å². The minimum absolute atomic E-state index is 0.100. The number of benzene rings is 4. The topological polar surface area (TPSA) is 348 Å². The maximum absolute atomic E-state index is 13.2. The van der Waals surface area contributed by atoms with Crippen molar-refractivity contribution in [1.29, 1.82) is 0 Å². The van der Waals surface area contributed by atoms with E-state index in [1.165, 1.54) is 18.3 Å². The van der Waals surface area contributed by atoms with Crippen molar-refractivity contribution in [2.75, 3.05) is 145 Å². The molecule has 4 heterocycles. The van der Waals surface area contributed by atoms with Gasteiger partial charge in [0.25, 0.3) is 22.2 Å². The number of methoxy groups -OCH3 is 10. The van der Waals surface area contributed by atoms with Crippen molar-refractivity contribution in [2.45, 2.75) is 116 Å². The molecule has 0 radical (unpaired) electrons. The van der Waals surface area contributed by atoms with Gasteiger partial charge in [0.15, 0.2) is 23.1 Å². The average Bonchev–Trinajstić information content (AvgIpc) is 1.59. The van der Waals surface area contributed by atoms with Crippen LogP contribution >= 0.6 is 23.2 Å². The zero-order chi connectivity index (χ0) is 84.5. The number of ketones is 4. The van der Waals surface area contributed by atoms with Crippen LogP contribution < -0.4 is 53.0 Å². The Morgan fingerprint density at radius 3 is 0.784 bits per heavy atom. The molecule has 624 valence electrons. The molecule has 12 rings (SSSR count). The third kappa shape index (κ3) is 20.6. The molecule has 30 nitrogen and oxygen atoms in total. The first kappa shape index (κ1) is 90.1. The molecule has 0 amide bonds. The fourth-order valence-electron chi connectivity index (χ4n) is 14.7. The molecule has 4 aliphatic rings. The first-order valence-electron chi connectivity index (χ1n) is 38.0. The summed E-state index contributed by atoms with van der Waals surface area (Å²) in [6.07, 6.45) is 6.73. The molecule has 8 aromatic rings. The summed E-state index contributed by atoms with van der Waals surface area (Å²) in [4.78, 5) is 119. The highest BCUT2D eigenvalue weighted by Gasteiger charge is 2.31. The standard InChI is InChI=1S/C22H29N3O5.C21H26ClN3O4.C21H27N3O5.C20H24ClN3O4/c1-13-20(24-15(11-28-3)12-29-4)22(27)25(2)21(23-13)17-9-14-7-6-8-18(26)16(14)10-19(17)30-5;1-12-19(24-14(10-28-3)11-29-4)21(27)25(2)20(23-12)16-8-13-6-5-7-18(26)15(13)9-17(16)22;1-12-19(23-14(10-27-3)11-28-4)21(26)24(2)20(22-12)16-8-13-6-7-17(25)15(13)9-18(16)29-5;1-11-18(23-13(9-27-3)10-28-4)20(26)24(2)19(22-11)15-7-12-5-6-17(25)14(12)8-16(15)21/h9-10,15,24H,6-8,11-12H2,1-5H3;8-9,14,24H,5-7,10-11H2,1-4H3;8-9,14,23H,6-7,10-11H2,1-5H3;7-8,13,23H,5-6,9-10H2,1-4H3. The van der Waals surface area contributed by atoms with Crippen molar-refractivity contribution < 1.29 is 66.5 Å². The first-order chi connectivity index (χ1) is 55.5. The summed E-state index contributed by atoms with van der Waals surface area (Å²) in [6, 6.07) is 13.8. The Hall–Kier alpha value is -9.86. The van der Waals surface area contributed by atoms with E-state index in [0.29, 0.717) is 226 Å². The molecule has 4 aliphatic carbocycles. The number of hydrogen-bond acceptors (Lipinski definition) is 26. The monoisotopic (exact) mass is 1640 g/mol. The lowest BCUT2D eigenvalue weighted by Gasteiger charge is -2.22. The van der Waals surface area contributed by atoms with Crippen molar-refractivity contribution >= 4 is 69.1 Å². The van der Waals surface area contributed by atoms with Gasteiger partial charge in [-0.2, -0.15) is 0 Å². The fraction of sp³-hybridized carbons (Fsp3) is 0.476. The lowest BCUT2D eigenvalue weighted by molar-refractivity contribution is 0.0964. The summed E-state index contributed by atoms with van der Waals surface area (Å²) in [7, 11) is 22.6. The van der Waals surface area contributed by atoms with E-state index in [0.717, 1.165) is 47.9 Å². The summed E-state index contributed by atoms with van der Waals surface area (Å²) >= 11 is 12.9. The number of ether oxygens (including phenoxy) is 10. The number of anilines is 4. The Morgan fingerprint density at radius 1 is 0.310 bits per heavy atom. The minimum atomic E-state index is -0.215. The number of aromatic nitrogens is 8. The number of halogens is 2. The number of nitrogens with zero attached hydrogens (tertiary/aromatic N) is 8. The van der Waals surface area contributed by atoms with Crippen LogP contribution in [0.3, 0.4) is 0 Å². The van der Waals surface area contributed by atoms with Gasteiger partial charge >= 0.3 is 0 Å². The molecule has 0 spiro atoms. The van der Waals surface area contributed by atoms with E-state index < -0.39 is 0 Å². The molecule has 0 bridgehead atoms. The van der Waals surface area contributed by atoms with Crippen LogP contribution in [-0.2, 0) is 91.8 Å². The maximum atomic E-state index is 13.2. The zero-order valence-corrected chi connectivity index (χ0v) is 70.9. The van der Waals surface area contributed by atoms with Crippen LogP contribution in [0, 0.1) is 27.7 Å². The average molecular weight is 1640 g/mol. The lowest BCUT2D eigenvalue weighted by atomic mass is 9.88. The Balaban J connectivity index is 0.000000177. The third-order valence-corrected chi connectivity index (χ3v) is 21.2. The van der Waals surface area contributed by atoms with Crippen molar-refractivity contribution in [3.63, 3.8) is 0 Å². The van der Waals surface area contributed by atoms with Gasteiger partial charge in [0.1, 0.15) is 57.5 Å². The molecule has 0 aliphatic heterocycles. The fourth-order valence-corrected chi connectivity index (χ4v) is 15.2. The molecule has 32 heteroatoms. The highest BCUT2D eigenvalue weighted by molar-refractivity contribution is 6.34. The van der Waals surface area contributed by atoms with Crippen LogP contribution in [0.15, 0.2) is 67.7 Å². The smallest absolute Gasteiger partial charge is 0.277 e. The maximum Gasteiger partial charge on any atom is 0.277 e. The molecular formula is C84H106Cl2N12O18. The van der Waals surface area contributed by atoms with Crippen LogP contribution in [0.25, 0.3) is 45.6 Å². The number of nitrogens with one attached hydrogen (secondary N) is 4. The molecule has 116 heavy (non-hydrogen) atoms. The SMILES string of the molecule is COCC(COC)Nc1c(C)nc(-c2cc3c(cc2Cl)C(=O)CC3)n(C)c1=O.COCC(COC)Nc1c(C)nc(-c2cc3c(cc2Cl)C(=O)CCC3)n(C)c1=O.COCC(COC)Nc1c(C)nc(-c2cc3c(cc2OC)C(=O)CC3)n(C)c1=O.COCC(COC)Nc1c(C)nc(-c2cc3c(cc2OC)C(=O)CCC3)n(C)c1=O. The van der Waals surface area contributed by atoms with E-state index >= 15 is 0 Å². The van der Waals surface area contributed by atoms with E-state index in [4.69, 9.17) is 75.6 Å². The number of carbonyl (C=O) groups is 4. The van der Waals surface area contributed by atoms with E-state index in [2.05, 4.69) is 36.2 Å². The van der Waals surface area contributed by atoms with Gasteiger partial charge in [-0.15, -0.1) is 0 Å². The van der Waals surface area contributed by atoms with Crippen LogP contribution in [0.4, 0.5) is 22.7 Å². The van der Waals surface area contributed by atoms with Crippen molar-refractivity contribution in [1.82, 2.24) is 38.2 Å². The van der Waals surface area contributed by atoms with Gasteiger partial charge in [-0.3, -0.25) is 56.6 Å². The lowest BCUT2D eigenvalue weighted by Crippen LogP contribution is -2.35. The predicted octanol–water partition coefficient (Wildman–Crippen LogP) is 9.94. The second kappa shape index (κ2) is 41.3. The van der Waals surface area contributed by atoms with Gasteiger partial charge in [0.05, 0.1) is 135 Å². The molecule has 4 aromatic carbocycles. The highest BCUT2D eigenvalue weighted by atomic mass is 35.5. The van der Waals surface area contributed by atoms with Gasteiger partial charge in [0.2, 0.25) is 0 Å². The number of Topliss-reactive ketones (excluding diaryl/α,β-unsaturated/α-hetero) is 4. The summed E-state index contributed by atoms with van der Waals surface area (Å²) in [6.45, 7) is 10.3. The van der Waals surface area contributed by atoms with Gasteiger partial charge in [-0.1, -0.05) is 23.2 Å². The third-order valence-electron chi connectivity index (χ3n) is 20.6. The Morgan fingerprint density at radius 2 is 0.534 bits per heavy atom. The molecule has 4 N–H and O–H groups in total. The molecular weight excluding hydrogens is 1540 g/mol. The number of carbonyl (C=O) groups excluding carboxylic acids is 4. The van der Waals surface area contributed by atoms with Crippen LogP contribution in [0.1, 0.15) is 125 Å². The number of rotatable bonds is 30. The summed E-state index contributed by atoms with van der Waals surface area (Å²) < 4.78 is 58.6. The number of aryl methyl sites for hydroxylation is 8. The normalized spacial score (nSPS) is 13.4. The van der Waals surface area contributed by atoms with Crippen LogP contribution in [0.2, 0.25) is 10.0 Å².